The molecule has 4 aliphatic rings. The Balaban J connectivity index is 1.24. The van der Waals surface area contributed by atoms with Crippen molar-refractivity contribution in [2.75, 3.05) is 10.6 Å². The van der Waals surface area contributed by atoms with Gasteiger partial charge in [0.05, 0.1) is 39.4 Å². The van der Waals surface area contributed by atoms with E-state index in [4.69, 9.17) is 15.0 Å². The van der Waals surface area contributed by atoms with Gasteiger partial charge in [0.2, 0.25) is 5.95 Å². The first-order chi connectivity index (χ1) is 19.2. The van der Waals surface area contributed by atoms with E-state index in [-0.39, 0.29) is 0 Å². The minimum Gasteiger partial charge on any atom is -0.390 e. The third-order valence-electron chi connectivity index (χ3n) is 9.67. The number of pyridine rings is 1. The number of aryl methyl sites for hydroxylation is 1. The summed E-state index contributed by atoms with van der Waals surface area (Å²) >= 11 is 1.61. The lowest BCUT2D eigenvalue weighted by Crippen LogP contribution is -2.40. The number of nitrogens with one attached hydrogen (secondary N) is 2. The van der Waals surface area contributed by atoms with Crippen LogP contribution in [0.3, 0.4) is 0 Å². The van der Waals surface area contributed by atoms with Crippen LogP contribution in [-0.4, -0.2) is 65.1 Å². The van der Waals surface area contributed by atoms with Crippen molar-refractivity contribution >= 4 is 33.3 Å². The molecule has 10 heteroatoms. The summed E-state index contributed by atoms with van der Waals surface area (Å²) in [6, 6.07) is 1.94. The molecule has 0 saturated heterocycles. The van der Waals surface area contributed by atoms with Crippen LogP contribution in [0.1, 0.15) is 82.5 Å². The predicted octanol–water partition coefficient (Wildman–Crippen LogP) is 4.62. The molecule has 9 nitrogen and oxygen atoms in total. The van der Waals surface area contributed by atoms with E-state index < -0.39 is 29.8 Å². The van der Waals surface area contributed by atoms with Crippen molar-refractivity contribution < 1.29 is 15.3 Å². The Morgan fingerprint density at radius 1 is 0.950 bits per heavy atom. The molecule has 0 radical (unpaired) electrons. The fraction of sp³-hybridized carbons (Fsp3) is 0.667. The molecule has 0 bridgehead atoms. The van der Waals surface area contributed by atoms with Gasteiger partial charge in [-0.3, -0.25) is 4.98 Å². The second-order valence-corrected chi connectivity index (χ2v) is 14.1. The van der Waals surface area contributed by atoms with Crippen LogP contribution in [0, 0.1) is 24.7 Å². The van der Waals surface area contributed by atoms with Crippen molar-refractivity contribution in [3.63, 3.8) is 0 Å². The zero-order valence-electron chi connectivity index (χ0n) is 23.5. The van der Waals surface area contributed by atoms with Crippen molar-refractivity contribution in [1.29, 1.82) is 0 Å². The Bertz CT molecular complexity index is 1410. The first kappa shape index (κ1) is 26.5. The standard InChI is InChI=1S/C30H40N6O3S/c1-14-22(28-35-24-21(40-28)10-11-31-23(24)16-8-9-16)27(33-20-13-18(30(2,3)39)25(37)26(20)38)36-29(32-14)34-19-12-17(19)15-6-4-5-7-15/h10-11,15-20,25-26,37-39H,4-9,12-13H2,1-3H3,(H2,32,33,34,36)/t17?,18-,19?,20+,25+,26-/m0/s1. The lowest BCUT2D eigenvalue weighted by molar-refractivity contribution is -0.0601. The highest BCUT2D eigenvalue weighted by Crippen LogP contribution is 2.48. The third kappa shape index (κ3) is 4.86. The fourth-order valence-corrected chi connectivity index (χ4v) is 8.21. The van der Waals surface area contributed by atoms with Gasteiger partial charge in [-0.2, -0.15) is 4.98 Å². The van der Waals surface area contributed by atoms with E-state index in [1.807, 2.05) is 19.2 Å². The molecule has 4 fully saturated rings. The maximum Gasteiger partial charge on any atom is 0.225 e. The molecule has 4 aliphatic carbocycles. The van der Waals surface area contributed by atoms with Gasteiger partial charge in [0, 0.05) is 24.1 Å². The Hall–Kier alpha value is -2.40. The van der Waals surface area contributed by atoms with Crippen molar-refractivity contribution in [3.8, 4) is 10.6 Å². The van der Waals surface area contributed by atoms with Gasteiger partial charge in [0.25, 0.3) is 0 Å². The quantitative estimate of drug-likeness (QED) is 0.265. The van der Waals surface area contributed by atoms with Gasteiger partial charge in [0.15, 0.2) is 0 Å². The molecular weight excluding hydrogens is 524 g/mol. The summed E-state index contributed by atoms with van der Waals surface area (Å²) in [7, 11) is 0. The fourth-order valence-electron chi connectivity index (χ4n) is 7.14. The molecule has 0 amide bonds. The number of anilines is 2. The monoisotopic (exact) mass is 564 g/mol. The van der Waals surface area contributed by atoms with Crippen LogP contribution in [0.2, 0.25) is 0 Å². The summed E-state index contributed by atoms with van der Waals surface area (Å²) in [5.74, 6) is 2.71. The second-order valence-electron chi connectivity index (χ2n) is 13.1. The van der Waals surface area contributed by atoms with E-state index in [0.29, 0.717) is 36.1 Å². The van der Waals surface area contributed by atoms with Gasteiger partial charge >= 0.3 is 0 Å². The van der Waals surface area contributed by atoms with Crippen LogP contribution in [0.15, 0.2) is 12.3 Å². The van der Waals surface area contributed by atoms with Crippen LogP contribution < -0.4 is 10.6 Å². The topological polar surface area (TPSA) is 136 Å². The molecule has 0 aliphatic heterocycles. The summed E-state index contributed by atoms with van der Waals surface area (Å²) in [4.78, 5) is 19.6. The first-order valence-electron chi connectivity index (χ1n) is 14.9. The van der Waals surface area contributed by atoms with Gasteiger partial charge in [-0.05, 0) is 64.4 Å². The summed E-state index contributed by atoms with van der Waals surface area (Å²) in [6.07, 6.45) is 9.03. The number of rotatable bonds is 8. The van der Waals surface area contributed by atoms with Gasteiger partial charge in [-0.15, -0.1) is 11.3 Å². The SMILES string of the molecule is Cc1nc(NC2CC2C2CCCC2)nc(N[C@@H]2C[C@H](C(C)(C)O)[C@@H](O)[C@H]2O)c1-c1nc2c(C3CC3)nccc2s1. The number of hydrogen-bond acceptors (Lipinski definition) is 10. The first-order valence-corrected chi connectivity index (χ1v) is 15.7. The number of hydrogen-bond donors (Lipinski definition) is 5. The van der Waals surface area contributed by atoms with E-state index in [9.17, 15) is 15.3 Å². The molecule has 4 saturated carbocycles. The smallest absolute Gasteiger partial charge is 0.225 e. The van der Waals surface area contributed by atoms with Gasteiger partial charge < -0.3 is 26.0 Å². The zero-order chi connectivity index (χ0) is 27.8. The summed E-state index contributed by atoms with van der Waals surface area (Å²) < 4.78 is 1.09. The van der Waals surface area contributed by atoms with Crippen LogP contribution >= 0.6 is 11.3 Å². The summed E-state index contributed by atoms with van der Waals surface area (Å²) in [6.45, 7) is 5.35. The van der Waals surface area contributed by atoms with Crippen LogP contribution in [-0.2, 0) is 0 Å². The molecule has 3 aromatic rings. The number of nitrogens with zero attached hydrogens (tertiary/aromatic N) is 4. The molecule has 214 valence electrons. The Kier molecular flexibility index (Phi) is 6.53. The minimum atomic E-state index is -1.12. The normalized spacial score (nSPS) is 30.8. The molecule has 2 unspecified atom stereocenters. The van der Waals surface area contributed by atoms with E-state index in [1.54, 1.807) is 25.2 Å². The highest BCUT2D eigenvalue weighted by Gasteiger charge is 2.48. The number of aliphatic hydroxyl groups is 3. The Labute approximate surface area is 238 Å². The molecule has 7 rings (SSSR count). The molecule has 6 atom stereocenters. The molecule has 3 heterocycles. The summed E-state index contributed by atoms with van der Waals surface area (Å²) in [5.41, 5.74) is 2.53. The predicted molar refractivity (Wildman–Crippen MR) is 156 cm³/mol. The second kappa shape index (κ2) is 9.86. The number of thiazole rings is 1. The zero-order valence-corrected chi connectivity index (χ0v) is 24.3. The highest BCUT2D eigenvalue weighted by atomic mass is 32.1. The number of aromatic nitrogens is 4. The molecule has 5 N–H and O–H groups in total. The van der Waals surface area contributed by atoms with Crippen LogP contribution in [0.5, 0.6) is 0 Å². The van der Waals surface area contributed by atoms with Crippen molar-refractivity contribution in [1.82, 2.24) is 19.9 Å². The van der Waals surface area contributed by atoms with Crippen molar-refractivity contribution in [2.45, 2.75) is 108 Å². The van der Waals surface area contributed by atoms with Gasteiger partial charge in [0.1, 0.15) is 22.4 Å². The summed E-state index contributed by atoms with van der Waals surface area (Å²) in [5, 5.41) is 40.3. The molecule has 0 aromatic carbocycles. The number of aliphatic hydroxyl groups excluding tert-OH is 2. The molecule has 3 aromatic heterocycles. The average molecular weight is 565 g/mol. The number of fused-ring (bicyclic) bond motifs is 1. The van der Waals surface area contributed by atoms with E-state index in [2.05, 4.69) is 15.6 Å². The Morgan fingerprint density at radius 2 is 1.73 bits per heavy atom. The van der Waals surface area contributed by atoms with E-state index in [0.717, 1.165) is 57.4 Å². The maximum atomic E-state index is 11.0. The van der Waals surface area contributed by atoms with E-state index >= 15 is 0 Å². The Morgan fingerprint density at radius 3 is 2.42 bits per heavy atom. The van der Waals surface area contributed by atoms with Crippen LogP contribution in [0.4, 0.5) is 11.8 Å². The lowest BCUT2D eigenvalue weighted by atomic mass is 9.88. The van der Waals surface area contributed by atoms with Crippen LogP contribution in [0.25, 0.3) is 20.8 Å². The van der Waals surface area contributed by atoms with Gasteiger partial charge in [-0.25, -0.2) is 9.97 Å². The minimum absolute atomic E-state index is 0.397. The van der Waals surface area contributed by atoms with Crippen molar-refractivity contribution in [2.24, 2.45) is 17.8 Å². The van der Waals surface area contributed by atoms with Gasteiger partial charge in [-0.1, -0.05) is 25.7 Å². The molecule has 40 heavy (non-hydrogen) atoms. The average Bonchev–Trinajstić information content (AvgIpc) is 3.74. The lowest BCUT2D eigenvalue weighted by Gasteiger charge is -2.28. The maximum absolute atomic E-state index is 11.0. The molecular formula is C30H40N6O3S. The third-order valence-corrected chi connectivity index (χ3v) is 10.7. The van der Waals surface area contributed by atoms with Crippen molar-refractivity contribution in [3.05, 3.63) is 23.7 Å². The largest absolute Gasteiger partial charge is 0.390 e. The van der Waals surface area contributed by atoms with E-state index in [1.165, 1.54) is 25.7 Å². The molecule has 0 spiro atoms. The highest BCUT2D eigenvalue weighted by molar-refractivity contribution is 7.21.